The molecule has 0 bridgehead atoms. The summed E-state index contributed by atoms with van der Waals surface area (Å²) >= 11 is 3.20. The topological polar surface area (TPSA) is 99.0 Å². The Kier molecular flexibility index (Phi) is 5.17. The van der Waals surface area contributed by atoms with Crippen molar-refractivity contribution in [2.45, 2.75) is 32.7 Å². The minimum absolute atomic E-state index is 0.148. The Bertz CT molecular complexity index is 805. The molecule has 0 spiro atoms. The molecule has 0 aliphatic carbocycles. The van der Waals surface area contributed by atoms with Gasteiger partial charge in [-0.1, -0.05) is 19.8 Å². The normalized spacial score (nSPS) is 11.0. The van der Waals surface area contributed by atoms with Crippen LogP contribution in [0.15, 0.2) is 14.3 Å². The van der Waals surface area contributed by atoms with E-state index < -0.39 is 17.2 Å². The second-order valence-corrected chi connectivity index (χ2v) is 5.59. The number of aryl methyl sites for hydroxylation is 1. The van der Waals surface area contributed by atoms with Crippen LogP contribution in [-0.4, -0.2) is 31.7 Å². The number of carbonyl (C=O) groups is 1. The largest absolute Gasteiger partial charge is 0.464 e. The maximum atomic E-state index is 12.0. The number of esters is 1. The highest BCUT2D eigenvalue weighted by Crippen LogP contribution is 2.15. The average Bonchev–Trinajstić information content (AvgIpc) is 2.79. The maximum absolute atomic E-state index is 12.0. The molecule has 0 saturated heterocycles. The van der Waals surface area contributed by atoms with Gasteiger partial charge in [-0.25, -0.2) is 9.78 Å². The molecule has 0 unspecified atom stereocenters. The van der Waals surface area contributed by atoms with Gasteiger partial charge in [0.25, 0.3) is 5.56 Å². The van der Waals surface area contributed by atoms with Crippen LogP contribution < -0.4 is 11.2 Å². The van der Waals surface area contributed by atoms with Gasteiger partial charge in [-0.3, -0.25) is 19.1 Å². The lowest BCUT2D eigenvalue weighted by molar-refractivity contribution is -0.144. The molecule has 0 atom stereocenters. The van der Waals surface area contributed by atoms with Crippen molar-refractivity contribution >= 4 is 33.1 Å². The van der Waals surface area contributed by atoms with Crippen molar-refractivity contribution in [3.05, 3.63) is 25.6 Å². The second kappa shape index (κ2) is 6.91. The molecule has 2 aromatic rings. The number of fused-ring (bicyclic) bond motifs is 1. The van der Waals surface area contributed by atoms with E-state index >= 15 is 0 Å². The molecule has 2 heterocycles. The highest BCUT2D eigenvalue weighted by atomic mass is 79.9. The van der Waals surface area contributed by atoms with Gasteiger partial charge in [-0.2, -0.15) is 0 Å². The predicted molar refractivity (Wildman–Crippen MR) is 83.8 cm³/mol. The van der Waals surface area contributed by atoms with Crippen molar-refractivity contribution in [2.24, 2.45) is 7.05 Å². The van der Waals surface area contributed by atoms with E-state index in [1.807, 2.05) is 0 Å². The molecule has 2 rings (SSSR count). The Morgan fingerprint density at radius 2 is 2.09 bits per heavy atom. The number of ether oxygens (including phenoxy) is 1. The van der Waals surface area contributed by atoms with Crippen molar-refractivity contribution in [1.82, 2.24) is 19.1 Å². The van der Waals surface area contributed by atoms with E-state index in [4.69, 9.17) is 4.74 Å². The fraction of sp³-hybridized carbons (Fsp3) is 0.538. The van der Waals surface area contributed by atoms with Crippen LogP contribution in [0.25, 0.3) is 11.2 Å². The van der Waals surface area contributed by atoms with Crippen molar-refractivity contribution in [1.29, 1.82) is 0 Å². The van der Waals surface area contributed by atoms with E-state index in [0.717, 1.165) is 19.3 Å². The average molecular weight is 373 g/mol. The maximum Gasteiger partial charge on any atom is 0.329 e. The van der Waals surface area contributed by atoms with Crippen LogP contribution in [-0.2, 0) is 23.1 Å². The highest BCUT2D eigenvalue weighted by molar-refractivity contribution is 9.10. The first-order chi connectivity index (χ1) is 10.5. The summed E-state index contributed by atoms with van der Waals surface area (Å²) in [5, 5.41) is 0. The SMILES string of the molecule is CCCCCOC(=O)Cn1c(Br)nc2c1c(=O)[nH]c(=O)n2C. The molecule has 0 aliphatic rings. The third kappa shape index (κ3) is 3.29. The molecule has 0 amide bonds. The third-order valence-electron chi connectivity index (χ3n) is 3.26. The molecule has 0 fully saturated rings. The summed E-state index contributed by atoms with van der Waals surface area (Å²) in [7, 11) is 1.49. The third-order valence-corrected chi connectivity index (χ3v) is 3.86. The van der Waals surface area contributed by atoms with Crippen LogP contribution in [0.2, 0.25) is 0 Å². The summed E-state index contributed by atoms with van der Waals surface area (Å²) < 4.78 is 8.01. The Balaban J connectivity index is 2.27. The number of hydrogen-bond acceptors (Lipinski definition) is 5. The molecule has 9 heteroatoms. The van der Waals surface area contributed by atoms with Crippen LogP contribution in [0.1, 0.15) is 26.2 Å². The number of nitrogens with one attached hydrogen (secondary N) is 1. The fourth-order valence-corrected chi connectivity index (χ4v) is 2.54. The van der Waals surface area contributed by atoms with Gasteiger partial charge in [0.1, 0.15) is 6.54 Å². The molecule has 0 aliphatic heterocycles. The zero-order chi connectivity index (χ0) is 16.3. The van der Waals surface area contributed by atoms with Crippen molar-refractivity contribution < 1.29 is 9.53 Å². The first-order valence-electron chi connectivity index (χ1n) is 6.96. The summed E-state index contributed by atoms with van der Waals surface area (Å²) in [4.78, 5) is 41.7. The number of halogens is 1. The molecule has 0 aromatic carbocycles. The van der Waals surface area contributed by atoms with Crippen molar-refractivity contribution in [3.8, 4) is 0 Å². The zero-order valence-electron chi connectivity index (χ0n) is 12.4. The van der Waals surface area contributed by atoms with Crippen LogP contribution in [0.4, 0.5) is 0 Å². The minimum atomic E-state index is -0.588. The summed E-state index contributed by atoms with van der Waals surface area (Å²) in [6.45, 7) is 2.27. The summed E-state index contributed by atoms with van der Waals surface area (Å²) in [6.07, 6.45) is 2.84. The number of H-pyrrole nitrogens is 1. The Labute approximate surface area is 134 Å². The van der Waals surface area contributed by atoms with E-state index in [1.165, 1.54) is 16.2 Å². The smallest absolute Gasteiger partial charge is 0.329 e. The van der Waals surface area contributed by atoms with Gasteiger partial charge in [0.15, 0.2) is 15.9 Å². The molecular formula is C13H17BrN4O4. The lowest BCUT2D eigenvalue weighted by atomic mass is 10.3. The first-order valence-corrected chi connectivity index (χ1v) is 7.75. The van der Waals surface area contributed by atoms with E-state index in [1.54, 1.807) is 0 Å². The van der Waals surface area contributed by atoms with Crippen molar-refractivity contribution in [3.63, 3.8) is 0 Å². The van der Waals surface area contributed by atoms with Crippen LogP contribution >= 0.6 is 15.9 Å². The van der Waals surface area contributed by atoms with Gasteiger partial charge in [0, 0.05) is 7.05 Å². The van der Waals surface area contributed by atoms with Gasteiger partial charge in [-0.05, 0) is 22.4 Å². The number of imidazole rings is 1. The van der Waals surface area contributed by atoms with Gasteiger partial charge >= 0.3 is 11.7 Å². The van der Waals surface area contributed by atoms with E-state index in [2.05, 4.69) is 32.8 Å². The number of carbonyl (C=O) groups excluding carboxylic acids is 1. The number of unbranched alkanes of at least 4 members (excludes halogenated alkanes) is 2. The number of aromatic amines is 1. The quantitative estimate of drug-likeness (QED) is 0.461. The van der Waals surface area contributed by atoms with E-state index in [-0.39, 0.29) is 17.7 Å². The number of rotatable bonds is 6. The number of hydrogen-bond donors (Lipinski definition) is 1. The molecule has 120 valence electrons. The van der Waals surface area contributed by atoms with Gasteiger partial charge < -0.3 is 9.30 Å². The monoisotopic (exact) mass is 372 g/mol. The van der Waals surface area contributed by atoms with Crippen LogP contribution in [0, 0.1) is 0 Å². The summed E-state index contributed by atoms with van der Waals surface area (Å²) in [5.41, 5.74) is -0.786. The standard InChI is InChI=1S/C13H17BrN4O4/c1-3-4-5-6-22-8(19)7-18-9-10(15-12(18)14)17(2)13(21)16-11(9)20/h3-7H2,1-2H3,(H,16,20,21). The molecule has 8 nitrogen and oxygen atoms in total. The number of aromatic nitrogens is 4. The van der Waals surface area contributed by atoms with Gasteiger partial charge in [0.05, 0.1) is 6.61 Å². The highest BCUT2D eigenvalue weighted by Gasteiger charge is 2.18. The molecule has 0 radical (unpaired) electrons. The Morgan fingerprint density at radius 1 is 1.36 bits per heavy atom. The lowest BCUT2D eigenvalue weighted by Gasteiger charge is -2.06. The van der Waals surface area contributed by atoms with E-state index in [0.29, 0.717) is 11.3 Å². The molecule has 22 heavy (non-hydrogen) atoms. The van der Waals surface area contributed by atoms with E-state index in [9.17, 15) is 14.4 Å². The molecule has 0 saturated carbocycles. The van der Waals surface area contributed by atoms with Crippen LogP contribution in [0.5, 0.6) is 0 Å². The molecule has 1 N–H and O–H groups in total. The van der Waals surface area contributed by atoms with Crippen molar-refractivity contribution in [2.75, 3.05) is 6.61 Å². The molecular weight excluding hydrogens is 356 g/mol. The van der Waals surface area contributed by atoms with Crippen LogP contribution in [0.3, 0.4) is 0 Å². The predicted octanol–water partition coefficient (Wildman–Crippen LogP) is 0.919. The second-order valence-electron chi connectivity index (χ2n) is 4.89. The van der Waals surface area contributed by atoms with Gasteiger partial charge in [0.2, 0.25) is 0 Å². The summed E-state index contributed by atoms with van der Waals surface area (Å²) in [5.74, 6) is -0.454. The summed E-state index contributed by atoms with van der Waals surface area (Å²) in [6, 6.07) is 0. The first kappa shape index (κ1) is 16.5. The Hall–Kier alpha value is -1.90. The fourth-order valence-electron chi connectivity index (χ4n) is 2.07. The molecule has 2 aromatic heterocycles. The number of nitrogens with zero attached hydrogens (tertiary/aromatic N) is 3. The zero-order valence-corrected chi connectivity index (χ0v) is 14.0. The lowest BCUT2D eigenvalue weighted by Crippen LogP contribution is -2.29. The van der Waals surface area contributed by atoms with Gasteiger partial charge in [-0.15, -0.1) is 0 Å². The minimum Gasteiger partial charge on any atom is -0.464 e. The Morgan fingerprint density at radius 3 is 2.77 bits per heavy atom.